The Morgan fingerprint density at radius 1 is 1.18 bits per heavy atom. The van der Waals surface area contributed by atoms with Gasteiger partial charge >= 0.3 is 0 Å². The SMILES string of the molecule is CC.CN(C)CCC1CCC(C(=O)N(C)C)N1. The lowest BCUT2D eigenvalue weighted by Gasteiger charge is -2.18. The van der Waals surface area contributed by atoms with Gasteiger partial charge in [0, 0.05) is 20.1 Å². The van der Waals surface area contributed by atoms with Crippen LogP contribution >= 0.6 is 0 Å². The molecule has 0 radical (unpaired) electrons. The van der Waals surface area contributed by atoms with Gasteiger partial charge in [0.2, 0.25) is 5.91 Å². The van der Waals surface area contributed by atoms with Crippen molar-refractivity contribution in [2.45, 2.75) is 45.2 Å². The molecule has 1 fully saturated rings. The van der Waals surface area contributed by atoms with Crippen molar-refractivity contribution in [1.82, 2.24) is 15.1 Å². The molecule has 0 bridgehead atoms. The fourth-order valence-electron chi connectivity index (χ4n) is 1.97. The Labute approximate surface area is 106 Å². The number of nitrogens with zero attached hydrogens (tertiary/aromatic N) is 2. The van der Waals surface area contributed by atoms with Crippen LogP contribution in [-0.2, 0) is 4.79 Å². The minimum absolute atomic E-state index is 0.0483. The van der Waals surface area contributed by atoms with Gasteiger partial charge in [0.1, 0.15) is 0 Å². The first kappa shape index (κ1) is 16.4. The molecule has 0 aromatic rings. The van der Waals surface area contributed by atoms with Crippen LogP contribution in [0.25, 0.3) is 0 Å². The molecule has 0 aromatic heterocycles. The molecule has 0 saturated carbocycles. The van der Waals surface area contributed by atoms with E-state index < -0.39 is 0 Å². The lowest BCUT2D eigenvalue weighted by Crippen LogP contribution is -2.42. The maximum atomic E-state index is 11.7. The number of rotatable bonds is 4. The normalized spacial score (nSPS) is 23.2. The molecule has 17 heavy (non-hydrogen) atoms. The summed E-state index contributed by atoms with van der Waals surface area (Å²) in [7, 11) is 7.79. The van der Waals surface area contributed by atoms with E-state index in [0.717, 1.165) is 25.8 Å². The van der Waals surface area contributed by atoms with Gasteiger partial charge < -0.3 is 15.1 Å². The number of carbonyl (C=O) groups is 1. The summed E-state index contributed by atoms with van der Waals surface area (Å²) in [6.07, 6.45) is 3.23. The Hall–Kier alpha value is -0.610. The Kier molecular flexibility index (Phi) is 8.17. The van der Waals surface area contributed by atoms with E-state index in [0.29, 0.717) is 6.04 Å². The van der Waals surface area contributed by atoms with Gasteiger partial charge in [-0.3, -0.25) is 4.79 Å². The Morgan fingerprint density at radius 3 is 2.24 bits per heavy atom. The van der Waals surface area contributed by atoms with Gasteiger partial charge in [0.15, 0.2) is 0 Å². The molecule has 4 heteroatoms. The highest BCUT2D eigenvalue weighted by molar-refractivity contribution is 5.81. The third-order valence-electron chi connectivity index (χ3n) is 2.90. The van der Waals surface area contributed by atoms with Crippen LogP contribution in [0.4, 0.5) is 0 Å². The lowest BCUT2D eigenvalue weighted by molar-refractivity contribution is -0.130. The number of likely N-dealkylation sites (N-methyl/N-ethyl adjacent to an activating group) is 1. The molecule has 1 aliphatic rings. The van der Waals surface area contributed by atoms with Crippen molar-refractivity contribution in [2.24, 2.45) is 0 Å². The third kappa shape index (κ3) is 6.03. The van der Waals surface area contributed by atoms with Gasteiger partial charge in [-0.15, -0.1) is 0 Å². The molecule has 0 aromatic carbocycles. The maximum Gasteiger partial charge on any atom is 0.239 e. The summed E-state index contributed by atoms with van der Waals surface area (Å²) in [6.45, 7) is 5.08. The molecule has 102 valence electrons. The summed E-state index contributed by atoms with van der Waals surface area (Å²) < 4.78 is 0. The fraction of sp³-hybridized carbons (Fsp3) is 0.923. The summed E-state index contributed by atoms with van der Waals surface area (Å²) in [5.74, 6) is 0.211. The number of amides is 1. The van der Waals surface area contributed by atoms with Crippen molar-refractivity contribution in [3.05, 3.63) is 0 Å². The van der Waals surface area contributed by atoms with Crippen LogP contribution < -0.4 is 5.32 Å². The minimum Gasteiger partial charge on any atom is -0.347 e. The second-order valence-corrected chi connectivity index (χ2v) is 4.82. The largest absolute Gasteiger partial charge is 0.347 e. The summed E-state index contributed by atoms with van der Waals surface area (Å²) in [4.78, 5) is 15.5. The standard InChI is InChI=1S/C11H23N3O.C2H6/c1-13(2)8-7-9-5-6-10(12-9)11(15)14(3)4;1-2/h9-10,12H,5-8H2,1-4H3;1-2H3. The molecule has 2 atom stereocenters. The molecule has 4 nitrogen and oxygen atoms in total. The van der Waals surface area contributed by atoms with Crippen molar-refractivity contribution in [1.29, 1.82) is 0 Å². The monoisotopic (exact) mass is 243 g/mol. The smallest absolute Gasteiger partial charge is 0.239 e. The zero-order chi connectivity index (χ0) is 13.4. The quantitative estimate of drug-likeness (QED) is 0.805. The summed E-state index contributed by atoms with van der Waals surface area (Å²) in [5, 5.41) is 3.41. The molecule has 1 heterocycles. The topological polar surface area (TPSA) is 35.6 Å². The van der Waals surface area contributed by atoms with Crippen LogP contribution in [0.1, 0.15) is 33.1 Å². The van der Waals surface area contributed by atoms with Crippen molar-refractivity contribution < 1.29 is 4.79 Å². The van der Waals surface area contributed by atoms with Gasteiger partial charge in [-0.25, -0.2) is 0 Å². The molecule has 1 rings (SSSR count). The zero-order valence-electron chi connectivity index (χ0n) is 12.3. The van der Waals surface area contributed by atoms with Crippen LogP contribution in [0.15, 0.2) is 0 Å². The molecule has 2 unspecified atom stereocenters. The van der Waals surface area contributed by atoms with E-state index in [9.17, 15) is 4.79 Å². The highest BCUT2D eigenvalue weighted by Crippen LogP contribution is 2.16. The summed E-state index contributed by atoms with van der Waals surface area (Å²) in [6, 6.07) is 0.563. The molecular formula is C13H29N3O. The lowest BCUT2D eigenvalue weighted by atomic mass is 10.1. The summed E-state index contributed by atoms with van der Waals surface area (Å²) in [5.41, 5.74) is 0. The molecule has 1 saturated heterocycles. The number of carbonyl (C=O) groups excluding carboxylic acids is 1. The van der Waals surface area contributed by atoms with E-state index in [4.69, 9.17) is 0 Å². The molecule has 1 N–H and O–H groups in total. The van der Waals surface area contributed by atoms with E-state index >= 15 is 0 Å². The predicted octanol–water partition coefficient (Wildman–Crippen LogP) is 1.17. The van der Waals surface area contributed by atoms with Crippen LogP contribution in [0, 0.1) is 0 Å². The van der Waals surface area contributed by atoms with Gasteiger partial charge in [-0.2, -0.15) is 0 Å². The molecule has 0 spiro atoms. The van der Waals surface area contributed by atoms with Gasteiger partial charge in [0.25, 0.3) is 0 Å². The number of nitrogens with one attached hydrogen (secondary N) is 1. The van der Waals surface area contributed by atoms with Crippen molar-refractivity contribution in [3.63, 3.8) is 0 Å². The van der Waals surface area contributed by atoms with Crippen molar-refractivity contribution >= 4 is 5.91 Å². The van der Waals surface area contributed by atoms with E-state index in [-0.39, 0.29) is 11.9 Å². The van der Waals surface area contributed by atoms with Crippen molar-refractivity contribution in [2.75, 3.05) is 34.7 Å². The van der Waals surface area contributed by atoms with Crippen molar-refractivity contribution in [3.8, 4) is 0 Å². The Balaban J connectivity index is 0.00000121. The summed E-state index contributed by atoms with van der Waals surface area (Å²) >= 11 is 0. The van der Waals surface area contributed by atoms with Crippen LogP contribution in [-0.4, -0.2) is 62.5 Å². The highest BCUT2D eigenvalue weighted by atomic mass is 16.2. The number of hydrogen-bond acceptors (Lipinski definition) is 3. The molecule has 1 amide bonds. The highest BCUT2D eigenvalue weighted by Gasteiger charge is 2.29. The van der Waals surface area contributed by atoms with Crippen LogP contribution in [0.2, 0.25) is 0 Å². The second kappa shape index (κ2) is 8.48. The van der Waals surface area contributed by atoms with Crippen LogP contribution in [0.5, 0.6) is 0 Å². The van der Waals surface area contributed by atoms with E-state index in [1.54, 1.807) is 4.90 Å². The predicted molar refractivity (Wildman–Crippen MR) is 73.2 cm³/mol. The van der Waals surface area contributed by atoms with Gasteiger partial charge in [-0.1, -0.05) is 13.8 Å². The van der Waals surface area contributed by atoms with E-state index in [1.165, 1.54) is 0 Å². The average Bonchev–Trinajstić information content (AvgIpc) is 2.76. The Bertz CT molecular complexity index is 217. The Morgan fingerprint density at radius 2 is 1.76 bits per heavy atom. The molecular weight excluding hydrogens is 214 g/mol. The third-order valence-corrected chi connectivity index (χ3v) is 2.90. The molecule has 0 aliphatic carbocycles. The van der Waals surface area contributed by atoms with Crippen LogP contribution in [0.3, 0.4) is 0 Å². The number of hydrogen-bond donors (Lipinski definition) is 1. The molecule has 1 aliphatic heterocycles. The zero-order valence-corrected chi connectivity index (χ0v) is 12.3. The first-order chi connectivity index (χ1) is 8.00. The van der Waals surface area contributed by atoms with E-state index in [2.05, 4.69) is 24.3 Å². The van der Waals surface area contributed by atoms with Gasteiger partial charge in [-0.05, 0) is 39.9 Å². The fourth-order valence-corrected chi connectivity index (χ4v) is 1.97. The van der Waals surface area contributed by atoms with E-state index in [1.807, 2.05) is 27.9 Å². The van der Waals surface area contributed by atoms with Gasteiger partial charge in [0.05, 0.1) is 6.04 Å². The maximum absolute atomic E-state index is 11.7. The second-order valence-electron chi connectivity index (χ2n) is 4.82. The minimum atomic E-state index is 0.0483. The first-order valence-corrected chi connectivity index (χ1v) is 6.62. The first-order valence-electron chi connectivity index (χ1n) is 6.62. The average molecular weight is 243 g/mol.